The number of likely N-dealkylation sites (N-methyl/N-ethyl adjacent to an activating group) is 1. The Morgan fingerprint density at radius 1 is 1.50 bits per heavy atom. The van der Waals surface area contributed by atoms with Crippen molar-refractivity contribution in [2.45, 2.75) is 6.54 Å². The number of carbonyl (C=O) groups excluding carboxylic acids is 1. The van der Waals surface area contributed by atoms with Crippen molar-refractivity contribution in [3.63, 3.8) is 0 Å². The molecule has 0 atom stereocenters. The standard InChI is InChI=1S/C12H19BrN2O2S/c1-14(2)12(16)8-15(4-5-17-3)7-10-6-11(13)18-9-10/h6,9H,4-5,7-8H2,1-3H3. The minimum absolute atomic E-state index is 0.111. The van der Waals surface area contributed by atoms with E-state index in [-0.39, 0.29) is 5.91 Å². The highest BCUT2D eigenvalue weighted by molar-refractivity contribution is 9.11. The molecule has 1 amide bonds. The second-order valence-electron chi connectivity index (χ2n) is 4.25. The number of hydrogen-bond acceptors (Lipinski definition) is 4. The summed E-state index contributed by atoms with van der Waals surface area (Å²) in [5, 5.41) is 2.10. The summed E-state index contributed by atoms with van der Waals surface area (Å²) in [5.74, 6) is 0.111. The predicted molar refractivity (Wildman–Crippen MR) is 77.9 cm³/mol. The van der Waals surface area contributed by atoms with E-state index in [4.69, 9.17) is 4.74 Å². The Hall–Kier alpha value is -0.430. The fourth-order valence-corrected chi connectivity index (χ4v) is 2.65. The number of rotatable bonds is 7. The van der Waals surface area contributed by atoms with Crippen molar-refractivity contribution in [2.24, 2.45) is 0 Å². The Balaban J connectivity index is 2.57. The molecule has 0 aromatic carbocycles. The molecule has 102 valence electrons. The van der Waals surface area contributed by atoms with Gasteiger partial charge in [0.1, 0.15) is 0 Å². The molecule has 1 aromatic rings. The van der Waals surface area contributed by atoms with Gasteiger partial charge in [0.25, 0.3) is 0 Å². The number of amides is 1. The quantitative estimate of drug-likeness (QED) is 0.765. The lowest BCUT2D eigenvalue weighted by molar-refractivity contribution is -0.130. The van der Waals surface area contributed by atoms with Crippen LogP contribution in [0.25, 0.3) is 0 Å². The summed E-state index contributed by atoms with van der Waals surface area (Å²) >= 11 is 5.11. The van der Waals surface area contributed by atoms with Gasteiger partial charge in [-0.3, -0.25) is 9.69 Å². The third-order valence-electron chi connectivity index (χ3n) is 2.50. The van der Waals surface area contributed by atoms with Gasteiger partial charge < -0.3 is 9.64 Å². The maximum Gasteiger partial charge on any atom is 0.236 e. The first-order chi connectivity index (χ1) is 8.52. The molecule has 0 saturated carbocycles. The summed E-state index contributed by atoms with van der Waals surface area (Å²) < 4.78 is 6.20. The van der Waals surface area contributed by atoms with Gasteiger partial charge in [0.05, 0.1) is 16.9 Å². The number of nitrogens with zero attached hydrogens (tertiary/aromatic N) is 2. The molecule has 18 heavy (non-hydrogen) atoms. The molecule has 0 spiro atoms. The number of methoxy groups -OCH3 is 1. The number of hydrogen-bond donors (Lipinski definition) is 0. The zero-order valence-electron chi connectivity index (χ0n) is 11.0. The van der Waals surface area contributed by atoms with E-state index in [1.807, 2.05) is 0 Å². The van der Waals surface area contributed by atoms with Crippen LogP contribution in [0.4, 0.5) is 0 Å². The molecular weight excluding hydrogens is 316 g/mol. The van der Waals surface area contributed by atoms with Gasteiger partial charge >= 0.3 is 0 Å². The highest BCUT2D eigenvalue weighted by atomic mass is 79.9. The van der Waals surface area contributed by atoms with Crippen LogP contribution in [-0.2, 0) is 16.1 Å². The van der Waals surface area contributed by atoms with Gasteiger partial charge in [-0.05, 0) is 32.9 Å². The topological polar surface area (TPSA) is 32.8 Å². The second kappa shape index (κ2) is 7.89. The van der Waals surface area contributed by atoms with Gasteiger partial charge in [0, 0.05) is 34.3 Å². The molecule has 0 N–H and O–H groups in total. The first-order valence-electron chi connectivity index (χ1n) is 5.67. The molecule has 1 rings (SSSR count). The van der Waals surface area contributed by atoms with Gasteiger partial charge in [0.2, 0.25) is 5.91 Å². The summed E-state index contributed by atoms with van der Waals surface area (Å²) in [6.07, 6.45) is 0. The van der Waals surface area contributed by atoms with E-state index in [2.05, 4.69) is 32.3 Å². The Bertz CT molecular complexity index is 382. The van der Waals surface area contributed by atoms with Crippen LogP contribution in [0.5, 0.6) is 0 Å². The molecule has 0 fully saturated rings. The molecular formula is C12H19BrN2O2S. The zero-order chi connectivity index (χ0) is 13.5. The minimum Gasteiger partial charge on any atom is -0.383 e. The average molecular weight is 335 g/mol. The molecule has 0 aliphatic heterocycles. The third kappa shape index (κ3) is 5.48. The van der Waals surface area contributed by atoms with Crippen LogP contribution in [0.15, 0.2) is 15.2 Å². The van der Waals surface area contributed by atoms with E-state index in [0.29, 0.717) is 13.2 Å². The molecule has 4 nitrogen and oxygen atoms in total. The lowest BCUT2D eigenvalue weighted by atomic mass is 10.3. The summed E-state index contributed by atoms with van der Waals surface area (Å²) in [5.41, 5.74) is 1.22. The van der Waals surface area contributed by atoms with E-state index in [1.54, 1.807) is 37.4 Å². The van der Waals surface area contributed by atoms with Crippen LogP contribution in [0.1, 0.15) is 5.56 Å². The first-order valence-corrected chi connectivity index (χ1v) is 7.34. The minimum atomic E-state index is 0.111. The Kier molecular flexibility index (Phi) is 6.85. The highest BCUT2D eigenvalue weighted by Crippen LogP contribution is 2.21. The van der Waals surface area contributed by atoms with Crippen LogP contribution in [0.3, 0.4) is 0 Å². The number of ether oxygens (including phenoxy) is 1. The van der Waals surface area contributed by atoms with Crippen molar-refractivity contribution in [2.75, 3.05) is 40.9 Å². The lowest BCUT2D eigenvalue weighted by Gasteiger charge is -2.22. The normalized spacial score (nSPS) is 10.9. The second-order valence-corrected chi connectivity index (χ2v) is 6.54. The van der Waals surface area contributed by atoms with Crippen LogP contribution >= 0.6 is 27.3 Å². The summed E-state index contributed by atoms with van der Waals surface area (Å²) in [6.45, 7) is 2.57. The number of halogens is 1. The van der Waals surface area contributed by atoms with E-state index < -0.39 is 0 Å². The van der Waals surface area contributed by atoms with Crippen LogP contribution < -0.4 is 0 Å². The summed E-state index contributed by atoms with van der Waals surface area (Å²) in [7, 11) is 5.23. The van der Waals surface area contributed by atoms with Gasteiger partial charge in [-0.2, -0.15) is 0 Å². The number of carbonyl (C=O) groups is 1. The summed E-state index contributed by atoms with van der Waals surface area (Å²) in [4.78, 5) is 15.5. The molecule has 0 unspecified atom stereocenters. The molecule has 1 aromatic heterocycles. The van der Waals surface area contributed by atoms with Crippen molar-refractivity contribution in [1.29, 1.82) is 0 Å². The fourth-order valence-electron chi connectivity index (χ4n) is 1.45. The first kappa shape index (κ1) is 15.6. The van der Waals surface area contributed by atoms with Crippen molar-refractivity contribution < 1.29 is 9.53 Å². The van der Waals surface area contributed by atoms with Crippen molar-refractivity contribution in [3.8, 4) is 0 Å². The smallest absolute Gasteiger partial charge is 0.236 e. The number of thiophene rings is 1. The van der Waals surface area contributed by atoms with Crippen molar-refractivity contribution in [1.82, 2.24) is 9.80 Å². The lowest BCUT2D eigenvalue weighted by Crippen LogP contribution is -2.37. The van der Waals surface area contributed by atoms with Crippen LogP contribution in [-0.4, -0.2) is 56.6 Å². The van der Waals surface area contributed by atoms with Crippen LogP contribution in [0, 0.1) is 0 Å². The SMILES string of the molecule is COCCN(CC(=O)N(C)C)Cc1csc(Br)c1. The zero-order valence-corrected chi connectivity index (χ0v) is 13.4. The Morgan fingerprint density at radius 3 is 2.72 bits per heavy atom. The van der Waals surface area contributed by atoms with Gasteiger partial charge in [-0.15, -0.1) is 11.3 Å². The average Bonchev–Trinajstić information content (AvgIpc) is 2.71. The predicted octanol–water partition coefficient (Wildman–Crippen LogP) is 2.05. The molecule has 0 bridgehead atoms. The molecule has 0 aliphatic rings. The molecule has 0 aliphatic carbocycles. The van der Waals surface area contributed by atoms with Crippen molar-refractivity contribution in [3.05, 3.63) is 20.8 Å². The van der Waals surface area contributed by atoms with Gasteiger partial charge in [-0.25, -0.2) is 0 Å². The summed E-state index contributed by atoms with van der Waals surface area (Å²) in [6, 6.07) is 2.09. The monoisotopic (exact) mass is 334 g/mol. The highest BCUT2D eigenvalue weighted by Gasteiger charge is 2.13. The van der Waals surface area contributed by atoms with Gasteiger partial charge in [-0.1, -0.05) is 0 Å². The van der Waals surface area contributed by atoms with E-state index in [1.165, 1.54) is 5.56 Å². The van der Waals surface area contributed by atoms with Crippen molar-refractivity contribution >= 4 is 33.2 Å². The van der Waals surface area contributed by atoms with Crippen LogP contribution in [0.2, 0.25) is 0 Å². The van der Waals surface area contributed by atoms with E-state index >= 15 is 0 Å². The Labute approximate surface area is 121 Å². The molecule has 6 heteroatoms. The van der Waals surface area contributed by atoms with E-state index in [0.717, 1.165) is 16.9 Å². The molecule has 1 heterocycles. The maximum atomic E-state index is 11.7. The fraction of sp³-hybridized carbons (Fsp3) is 0.583. The van der Waals surface area contributed by atoms with E-state index in [9.17, 15) is 4.79 Å². The third-order valence-corrected chi connectivity index (χ3v) is 4.05. The largest absolute Gasteiger partial charge is 0.383 e. The maximum absolute atomic E-state index is 11.7. The Morgan fingerprint density at radius 2 is 2.22 bits per heavy atom. The van der Waals surface area contributed by atoms with Gasteiger partial charge in [0.15, 0.2) is 0 Å². The molecule has 0 saturated heterocycles. The molecule has 0 radical (unpaired) electrons.